The lowest BCUT2D eigenvalue weighted by Gasteiger charge is -2.49. The van der Waals surface area contributed by atoms with Crippen LogP contribution in [0.5, 0.6) is 5.75 Å². The number of hydrogen-bond donors (Lipinski definition) is 2. The number of hydrogen-bond acceptors (Lipinski definition) is 2. The molecule has 0 unspecified atom stereocenters. The van der Waals surface area contributed by atoms with Crippen molar-refractivity contribution in [2.75, 3.05) is 0 Å². The van der Waals surface area contributed by atoms with E-state index >= 15 is 0 Å². The van der Waals surface area contributed by atoms with Gasteiger partial charge in [-0.2, -0.15) is 0 Å². The summed E-state index contributed by atoms with van der Waals surface area (Å²) in [6, 6.07) is 14.4. The molecule has 2 nitrogen and oxygen atoms in total. The van der Waals surface area contributed by atoms with Crippen LogP contribution in [-0.2, 0) is 0 Å². The molecular formula is C25H28O2. The summed E-state index contributed by atoms with van der Waals surface area (Å²) in [5.74, 6) is 1.85. The molecule has 0 aliphatic heterocycles. The second-order valence-electron chi connectivity index (χ2n) is 9.10. The van der Waals surface area contributed by atoms with Gasteiger partial charge in [0, 0.05) is 0 Å². The van der Waals surface area contributed by atoms with Gasteiger partial charge in [-0.1, -0.05) is 43.3 Å². The molecule has 3 aliphatic carbocycles. The molecule has 5 rings (SSSR count). The molecule has 0 radical (unpaired) electrons. The highest BCUT2D eigenvalue weighted by atomic mass is 16.3. The van der Waals surface area contributed by atoms with Crippen molar-refractivity contribution in [3.05, 3.63) is 70.8 Å². The number of aliphatic hydroxyl groups is 1. The van der Waals surface area contributed by atoms with Gasteiger partial charge >= 0.3 is 0 Å². The number of rotatable bonds is 1. The van der Waals surface area contributed by atoms with E-state index in [-0.39, 0.29) is 11.5 Å². The average Bonchev–Trinajstić information content (AvgIpc) is 2.96. The van der Waals surface area contributed by atoms with Crippen LogP contribution >= 0.6 is 0 Å². The topological polar surface area (TPSA) is 40.5 Å². The first-order valence-electron chi connectivity index (χ1n) is 10.3. The first-order chi connectivity index (χ1) is 13.0. The van der Waals surface area contributed by atoms with E-state index < -0.39 is 0 Å². The maximum absolute atomic E-state index is 10.7. The third-order valence-electron chi connectivity index (χ3n) is 7.76. The summed E-state index contributed by atoms with van der Waals surface area (Å²) in [7, 11) is 0. The van der Waals surface area contributed by atoms with Crippen LogP contribution in [0.1, 0.15) is 60.8 Å². The van der Waals surface area contributed by atoms with E-state index in [1.165, 1.54) is 27.8 Å². The maximum atomic E-state index is 10.7. The maximum Gasteiger partial charge on any atom is 0.116 e. The van der Waals surface area contributed by atoms with Gasteiger partial charge in [-0.15, -0.1) is 0 Å². The van der Waals surface area contributed by atoms with Crippen molar-refractivity contribution in [2.45, 2.75) is 51.6 Å². The Morgan fingerprint density at radius 3 is 2.59 bits per heavy atom. The summed E-state index contributed by atoms with van der Waals surface area (Å²) in [6.07, 6.45) is 6.56. The highest BCUT2D eigenvalue weighted by molar-refractivity contribution is 5.84. The van der Waals surface area contributed by atoms with Gasteiger partial charge in [0.25, 0.3) is 0 Å². The first kappa shape index (κ1) is 17.1. The van der Waals surface area contributed by atoms with Gasteiger partial charge < -0.3 is 10.2 Å². The Labute approximate surface area is 161 Å². The predicted molar refractivity (Wildman–Crippen MR) is 109 cm³/mol. The monoisotopic (exact) mass is 360 g/mol. The van der Waals surface area contributed by atoms with E-state index in [1.54, 1.807) is 0 Å². The molecule has 2 saturated carbocycles. The fraction of sp³-hybridized carbons (Fsp3) is 0.440. The van der Waals surface area contributed by atoms with Gasteiger partial charge in [0.15, 0.2) is 0 Å². The summed E-state index contributed by atoms with van der Waals surface area (Å²) in [5, 5.41) is 21.0. The van der Waals surface area contributed by atoms with Gasteiger partial charge in [0.05, 0.1) is 6.10 Å². The van der Waals surface area contributed by atoms with Crippen molar-refractivity contribution in [1.29, 1.82) is 0 Å². The van der Waals surface area contributed by atoms with Crippen molar-refractivity contribution in [3.8, 4) is 5.75 Å². The van der Waals surface area contributed by atoms with Crippen molar-refractivity contribution in [1.82, 2.24) is 0 Å². The number of phenolic OH excluding ortho intramolecular Hbond substituents is 1. The smallest absolute Gasteiger partial charge is 0.116 e. The van der Waals surface area contributed by atoms with Gasteiger partial charge in [-0.3, -0.25) is 0 Å². The Hall–Kier alpha value is -2.06. The number of aryl methyl sites for hydroxylation is 1. The van der Waals surface area contributed by atoms with Crippen molar-refractivity contribution in [2.24, 2.45) is 17.3 Å². The lowest BCUT2D eigenvalue weighted by molar-refractivity contribution is -0.00813. The van der Waals surface area contributed by atoms with E-state index in [4.69, 9.17) is 0 Å². The van der Waals surface area contributed by atoms with Crippen LogP contribution in [0, 0.1) is 24.2 Å². The molecule has 2 fully saturated rings. The van der Waals surface area contributed by atoms with Crippen LogP contribution in [0.25, 0.3) is 5.57 Å². The molecule has 0 heterocycles. The number of phenols is 1. The predicted octanol–water partition coefficient (Wildman–Crippen LogP) is 5.42. The largest absolute Gasteiger partial charge is 0.508 e. The van der Waals surface area contributed by atoms with Gasteiger partial charge in [0.2, 0.25) is 0 Å². The molecule has 0 saturated heterocycles. The third-order valence-corrected chi connectivity index (χ3v) is 7.76. The zero-order valence-electron chi connectivity index (χ0n) is 16.2. The summed E-state index contributed by atoms with van der Waals surface area (Å²) in [4.78, 5) is 0. The Kier molecular flexibility index (Phi) is 3.77. The molecule has 2 aromatic rings. The van der Waals surface area contributed by atoms with E-state index in [0.717, 1.165) is 25.7 Å². The van der Waals surface area contributed by atoms with Crippen LogP contribution in [-0.4, -0.2) is 16.3 Å². The number of allylic oxidation sites excluding steroid dienone is 1. The number of benzene rings is 2. The second-order valence-corrected chi connectivity index (χ2v) is 9.10. The van der Waals surface area contributed by atoms with Crippen LogP contribution in [0.4, 0.5) is 0 Å². The van der Waals surface area contributed by atoms with Crippen molar-refractivity contribution < 1.29 is 10.2 Å². The average molecular weight is 360 g/mol. The fourth-order valence-corrected chi connectivity index (χ4v) is 6.38. The minimum atomic E-state index is -0.167. The van der Waals surface area contributed by atoms with Crippen LogP contribution in [0.3, 0.4) is 0 Å². The lowest BCUT2D eigenvalue weighted by Crippen LogP contribution is -2.43. The molecule has 0 aromatic heterocycles. The molecule has 3 aliphatic rings. The van der Waals surface area contributed by atoms with Crippen molar-refractivity contribution in [3.63, 3.8) is 0 Å². The molecule has 5 atom stereocenters. The summed E-state index contributed by atoms with van der Waals surface area (Å²) < 4.78 is 0. The molecule has 2 N–H and O–H groups in total. The number of aliphatic hydroxyl groups excluding tert-OH is 1. The molecule has 0 spiro atoms. The van der Waals surface area contributed by atoms with Crippen LogP contribution in [0.15, 0.2) is 48.5 Å². The van der Waals surface area contributed by atoms with E-state index in [0.29, 0.717) is 23.5 Å². The summed E-state index contributed by atoms with van der Waals surface area (Å²) >= 11 is 0. The number of aromatic hydroxyl groups is 1. The Balaban J connectivity index is 1.72. The zero-order chi connectivity index (χ0) is 18.8. The quantitative estimate of drug-likeness (QED) is 0.713. The molecular weight excluding hydrogens is 332 g/mol. The Morgan fingerprint density at radius 1 is 1.04 bits per heavy atom. The second kappa shape index (κ2) is 5.97. The SMILES string of the molecule is Cc1cc(O)cc2c1[C@H]1CC[C@]3(C)[C@@H](O)CC[C@H]3[C@@H]1C=C2c1ccccc1. The Bertz CT molecular complexity index is 913. The minimum absolute atomic E-state index is 0.0434. The molecule has 2 heteroatoms. The third kappa shape index (κ3) is 2.42. The van der Waals surface area contributed by atoms with Gasteiger partial charge in [-0.05, 0) is 95.7 Å². The van der Waals surface area contributed by atoms with Gasteiger partial charge in [0.1, 0.15) is 5.75 Å². The summed E-state index contributed by atoms with van der Waals surface area (Å²) in [6.45, 7) is 4.45. The lowest BCUT2D eigenvalue weighted by atomic mass is 9.55. The number of fused-ring (bicyclic) bond motifs is 5. The highest BCUT2D eigenvalue weighted by Crippen LogP contribution is 2.61. The van der Waals surface area contributed by atoms with E-state index in [9.17, 15) is 10.2 Å². The molecule has 0 bridgehead atoms. The molecule has 0 amide bonds. The fourth-order valence-electron chi connectivity index (χ4n) is 6.38. The molecule has 2 aromatic carbocycles. The Morgan fingerprint density at radius 2 is 1.81 bits per heavy atom. The van der Waals surface area contributed by atoms with Crippen LogP contribution in [0.2, 0.25) is 0 Å². The first-order valence-corrected chi connectivity index (χ1v) is 10.3. The summed E-state index contributed by atoms with van der Waals surface area (Å²) in [5.41, 5.74) is 6.32. The molecule has 140 valence electrons. The standard InChI is InChI=1S/C25H28O2/c1-15-12-17(26)13-21-19(16-6-4-3-5-7-16)14-20-18(24(15)21)10-11-25(2)22(20)8-9-23(25)27/h3-7,12-14,18,20,22-23,26-27H,8-11H2,1-2H3/t18-,20+,22-,23-,25-/m0/s1. The van der Waals surface area contributed by atoms with Gasteiger partial charge in [-0.25, -0.2) is 0 Å². The normalized spacial score (nSPS) is 34.4. The highest BCUT2D eigenvalue weighted by Gasteiger charge is 2.54. The van der Waals surface area contributed by atoms with Crippen LogP contribution < -0.4 is 0 Å². The van der Waals surface area contributed by atoms with Crippen molar-refractivity contribution >= 4 is 5.57 Å². The minimum Gasteiger partial charge on any atom is -0.508 e. The zero-order valence-corrected chi connectivity index (χ0v) is 16.2. The van der Waals surface area contributed by atoms with E-state index in [2.05, 4.69) is 50.3 Å². The molecule has 27 heavy (non-hydrogen) atoms. The van der Waals surface area contributed by atoms with E-state index in [1.807, 2.05) is 12.1 Å².